The summed E-state index contributed by atoms with van der Waals surface area (Å²) in [6.07, 6.45) is -6.18. The van der Waals surface area contributed by atoms with Crippen molar-refractivity contribution < 1.29 is 31.4 Å². The second-order valence-corrected chi connectivity index (χ2v) is 8.05. The lowest BCUT2D eigenvalue weighted by atomic mass is 9.76. The summed E-state index contributed by atoms with van der Waals surface area (Å²) in [5.74, 6) is -5.52. The molecule has 1 aliphatic rings. The van der Waals surface area contributed by atoms with Gasteiger partial charge in [0.25, 0.3) is 0 Å². The molecule has 4 atom stereocenters. The minimum atomic E-state index is -4.80. The molecule has 0 unspecified atom stereocenters. The van der Waals surface area contributed by atoms with E-state index < -0.39 is 52.5 Å². The first-order chi connectivity index (χ1) is 14.8. The van der Waals surface area contributed by atoms with Crippen LogP contribution in [-0.2, 0) is 4.74 Å². The topological polar surface area (TPSA) is 75.1 Å². The first-order valence-electron chi connectivity index (χ1n) is 9.70. The Hall–Kier alpha value is -2.93. The zero-order chi connectivity index (χ0) is 24.2. The molecule has 2 aromatic rings. The van der Waals surface area contributed by atoms with Crippen LogP contribution < -0.4 is 10.2 Å². The number of benzene rings is 1. The van der Waals surface area contributed by atoms with E-state index in [0.29, 0.717) is 0 Å². The summed E-state index contributed by atoms with van der Waals surface area (Å²) in [7, 11) is 1.08. The molecule has 0 spiro atoms. The van der Waals surface area contributed by atoms with Crippen LogP contribution in [0.2, 0.25) is 0 Å². The van der Waals surface area contributed by atoms with Crippen molar-refractivity contribution >= 4 is 0 Å². The van der Waals surface area contributed by atoms with Crippen molar-refractivity contribution in [1.29, 1.82) is 5.26 Å². The second kappa shape index (κ2) is 7.89. The number of pyridine rings is 1. The maximum atomic E-state index is 14.4. The molecule has 0 radical (unpaired) electrons. The fourth-order valence-electron chi connectivity index (χ4n) is 4.32. The highest BCUT2D eigenvalue weighted by molar-refractivity contribution is 5.44. The van der Waals surface area contributed by atoms with Crippen LogP contribution in [0.5, 0.6) is 5.75 Å². The zero-order valence-corrected chi connectivity index (χ0v) is 17.9. The number of H-pyrrole nitrogens is 1. The van der Waals surface area contributed by atoms with E-state index >= 15 is 0 Å². The summed E-state index contributed by atoms with van der Waals surface area (Å²) in [6.45, 7) is 4.98. The van der Waals surface area contributed by atoms with Gasteiger partial charge in [-0.05, 0) is 26.8 Å². The summed E-state index contributed by atoms with van der Waals surface area (Å²) in [5, 5.41) is 9.22. The number of nitrogens with one attached hydrogen (secondary N) is 1. The van der Waals surface area contributed by atoms with E-state index in [1.165, 1.54) is 20.8 Å². The van der Waals surface area contributed by atoms with Gasteiger partial charge in [0.2, 0.25) is 11.2 Å². The van der Waals surface area contributed by atoms with Gasteiger partial charge in [-0.1, -0.05) is 13.0 Å². The molecule has 2 heterocycles. The summed E-state index contributed by atoms with van der Waals surface area (Å²) in [4.78, 5) is 15.5. The first-order valence-corrected chi connectivity index (χ1v) is 9.70. The number of methoxy groups -OCH3 is 1. The van der Waals surface area contributed by atoms with E-state index in [4.69, 9.17) is 9.47 Å². The lowest BCUT2D eigenvalue weighted by Crippen LogP contribution is -2.46. The summed E-state index contributed by atoms with van der Waals surface area (Å²) in [6, 6.07) is 3.73. The smallest absolute Gasteiger partial charge is 0.417 e. The molecule has 0 amide bonds. The summed E-state index contributed by atoms with van der Waals surface area (Å²) < 4.78 is 81.0. The van der Waals surface area contributed by atoms with Gasteiger partial charge in [0.15, 0.2) is 17.2 Å². The molecule has 1 aliphatic heterocycles. The third kappa shape index (κ3) is 3.35. The predicted octanol–water partition coefficient (Wildman–Crippen LogP) is 4.96. The van der Waals surface area contributed by atoms with Crippen molar-refractivity contribution in [2.75, 3.05) is 7.11 Å². The van der Waals surface area contributed by atoms with E-state index in [1.807, 2.05) is 0 Å². The Morgan fingerprint density at radius 1 is 1.25 bits per heavy atom. The average molecular weight is 456 g/mol. The van der Waals surface area contributed by atoms with Crippen molar-refractivity contribution in [1.82, 2.24) is 4.98 Å². The minimum Gasteiger partial charge on any atom is -0.493 e. The van der Waals surface area contributed by atoms with Gasteiger partial charge in [0.1, 0.15) is 17.7 Å². The van der Waals surface area contributed by atoms with Crippen LogP contribution in [0, 0.1) is 42.7 Å². The highest BCUT2D eigenvalue weighted by Gasteiger charge is 2.65. The normalized spacial score (nSPS) is 25.6. The highest BCUT2D eigenvalue weighted by Crippen LogP contribution is 2.59. The van der Waals surface area contributed by atoms with Gasteiger partial charge < -0.3 is 14.5 Å². The largest absolute Gasteiger partial charge is 0.493 e. The molecule has 1 aromatic heterocycles. The highest BCUT2D eigenvalue weighted by atomic mass is 19.4. The number of aromatic nitrogens is 1. The van der Waals surface area contributed by atoms with Gasteiger partial charge in [-0.25, -0.2) is 4.39 Å². The molecule has 32 heavy (non-hydrogen) atoms. The number of nitriles is 1. The Bertz CT molecular complexity index is 1170. The second-order valence-electron chi connectivity index (χ2n) is 8.05. The fourth-order valence-corrected chi connectivity index (χ4v) is 4.32. The molecular weight excluding hydrogens is 435 g/mol. The van der Waals surface area contributed by atoms with Crippen LogP contribution in [0.15, 0.2) is 16.9 Å². The molecule has 1 fully saturated rings. The van der Waals surface area contributed by atoms with Gasteiger partial charge in [-0.2, -0.15) is 22.8 Å². The molecule has 0 saturated carbocycles. The molecule has 1 aromatic carbocycles. The van der Waals surface area contributed by atoms with Gasteiger partial charge in [-0.15, -0.1) is 0 Å². The van der Waals surface area contributed by atoms with Crippen molar-refractivity contribution in [3.05, 3.63) is 62.1 Å². The van der Waals surface area contributed by atoms with E-state index in [-0.39, 0.29) is 28.1 Å². The van der Waals surface area contributed by atoms with E-state index in [0.717, 1.165) is 26.2 Å². The Morgan fingerprint density at radius 2 is 1.88 bits per heavy atom. The van der Waals surface area contributed by atoms with E-state index in [2.05, 4.69) is 4.98 Å². The number of hydrogen-bond donors (Lipinski definition) is 1. The van der Waals surface area contributed by atoms with Crippen LogP contribution in [0.1, 0.15) is 53.9 Å². The van der Waals surface area contributed by atoms with E-state index in [1.54, 1.807) is 6.07 Å². The molecular formula is C22H21F5N2O3. The zero-order valence-electron chi connectivity index (χ0n) is 17.9. The quantitative estimate of drug-likeness (QED) is 0.663. The molecule has 5 nitrogen and oxygen atoms in total. The number of nitrogens with zero attached hydrogens (tertiary/aromatic N) is 1. The van der Waals surface area contributed by atoms with Gasteiger partial charge in [-0.3, -0.25) is 4.79 Å². The minimum absolute atomic E-state index is 0.00215. The van der Waals surface area contributed by atoms with Crippen molar-refractivity contribution in [3.8, 4) is 11.8 Å². The first kappa shape index (κ1) is 23.7. The van der Waals surface area contributed by atoms with E-state index in [9.17, 15) is 32.0 Å². The third-order valence-corrected chi connectivity index (χ3v) is 6.38. The Morgan fingerprint density at radius 3 is 2.41 bits per heavy atom. The Balaban J connectivity index is 2.33. The van der Waals surface area contributed by atoms with Gasteiger partial charge in [0, 0.05) is 28.7 Å². The maximum absolute atomic E-state index is 14.4. The number of rotatable bonds is 3. The number of aromatic amines is 1. The lowest BCUT2D eigenvalue weighted by molar-refractivity contribution is -0.275. The van der Waals surface area contributed by atoms with Crippen LogP contribution >= 0.6 is 0 Å². The Labute approximate surface area is 180 Å². The number of ether oxygens (including phenoxy) is 2. The standard InChI is InChI=1S/C22H21F5N2O3/c1-9-17(29-11(3)13(8-28)18(9)30)20-15(10(2)21(4,32-20)22(25,26)27)12-6-7-14(23)16(24)19(12)31-5/h6-7,10,15,20H,1-5H3,(H,29,30)/t10-,15-,20+,21+/m0/s1. The average Bonchev–Trinajstić information content (AvgIpc) is 2.99. The van der Waals surface area contributed by atoms with Crippen LogP contribution in [0.3, 0.4) is 0 Å². The maximum Gasteiger partial charge on any atom is 0.417 e. The monoisotopic (exact) mass is 456 g/mol. The number of alkyl halides is 3. The molecule has 10 heteroatoms. The number of halogens is 5. The molecule has 172 valence electrons. The van der Waals surface area contributed by atoms with Gasteiger partial charge in [0.05, 0.1) is 12.8 Å². The van der Waals surface area contributed by atoms with Gasteiger partial charge >= 0.3 is 6.18 Å². The molecule has 1 saturated heterocycles. The van der Waals surface area contributed by atoms with Crippen molar-refractivity contribution in [2.24, 2.45) is 5.92 Å². The molecule has 0 bridgehead atoms. The predicted molar refractivity (Wildman–Crippen MR) is 104 cm³/mol. The summed E-state index contributed by atoms with van der Waals surface area (Å²) >= 11 is 0. The molecule has 3 rings (SSSR count). The van der Waals surface area contributed by atoms with Crippen molar-refractivity contribution in [2.45, 2.75) is 51.5 Å². The summed E-state index contributed by atoms with van der Waals surface area (Å²) in [5.41, 5.74) is -3.32. The van der Waals surface area contributed by atoms with Crippen molar-refractivity contribution in [3.63, 3.8) is 0 Å². The van der Waals surface area contributed by atoms with Crippen LogP contribution in [0.25, 0.3) is 0 Å². The molecule has 1 N–H and O–H groups in total. The third-order valence-electron chi connectivity index (χ3n) is 6.38. The molecule has 0 aliphatic carbocycles. The lowest BCUT2D eigenvalue weighted by Gasteiger charge is -2.32. The fraction of sp³-hybridized carbons (Fsp3) is 0.455. The number of hydrogen-bond acceptors (Lipinski definition) is 4. The van der Waals surface area contributed by atoms with Crippen LogP contribution in [-0.4, -0.2) is 23.9 Å². The number of aryl methyl sites for hydroxylation is 1. The SMILES string of the molecule is COc1c([C@H]2[C@H](c3[nH]c(C)c(C#N)c(=O)c3C)O[C@@](C)(C(F)(F)F)[C@H]2C)ccc(F)c1F. The Kier molecular flexibility index (Phi) is 5.85. The van der Waals surface area contributed by atoms with Crippen LogP contribution in [0.4, 0.5) is 22.0 Å².